The van der Waals surface area contributed by atoms with Crippen LogP contribution in [0, 0.1) is 11.3 Å². The number of aliphatic imine (C=N–C) groups is 1. The van der Waals surface area contributed by atoms with E-state index in [1.165, 1.54) is 6.08 Å². The highest BCUT2D eigenvalue weighted by molar-refractivity contribution is 6.29. The van der Waals surface area contributed by atoms with Gasteiger partial charge in [0.15, 0.2) is 0 Å². The molecule has 1 fully saturated rings. The van der Waals surface area contributed by atoms with Crippen LogP contribution in [0.4, 0.5) is 0 Å². The molecule has 140 valence electrons. The summed E-state index contributed by atoms with van der Waals surface area (Å²) in [6.07, 6.45) is 2.62. The van der Waals surface area contributed by atoms with E-state index in [4.69, 9.17) is 17.7 Å². The molecule has 0 N–H and O–H groups in total. The highest BCUT2D eigenvalue weighted by atomic mass is 35.5. The number of halogens is 1. The summed E-state index contributed by atoms with van der Waals surface area (Å²) in [5.74, 6) is -0.237. The molecule has 0 bridgehead atoms. The first-order chi connectivity index (χ1) is 13.4. The first kappa shape index (κ1) is 17.7. The maximum Gasteiger partial charge on any atom is 0.246 e. The maximum absolute atomic E-state index is 12.2. The van der Waals surface area contributed by atoms with Crippen LogP contribution in [0.25, 0.3) is 5.70 Å². The molecule has 0 unspecified atom stereocenters. The summed E-state index contributed by atoms with van der Waals surface area (Å²) in [4.78, 5) is 24.2. The van der Waals surface area contributed by atoms with E-state index in [9.17, 15) is 10.1 Å². The number of hydrogen-bond acceptors (Lipinski definition) is 6. The lowest BCUT2D eigenvalue weighted by molar-refractivity contribution is -0.141. The number of rotatable bonds is 4. The zero-order valence-corrected chi connectivity index (χ0v) is 15.7. The van der Waals surface area contributed by atoms with E-state index < -0.39 is 12.1 Å². The zero-order chi connectivity index (χ0) is 20.3. The topological polar surface area (TPSA) is 81.8 Å². The Labute approximate surface area is 164 Å². The van der Waals surface area contributed by atoms with Crippen LogP contribution in [0.3, 0.4) is 0 Å². The summed E-state index contributed by atoms with van der Waals surface area (Å²) in [5.41, 5.74) is 2.02. The Kier molecular flexibility index (Phi) is 5.47. The third kappa shape index (κ3) is 4.02. The first-order valence-corrected chi connectivity index (χ1v) is 8.85. The SMILES string of the molecule is [2H]C1=NCN(C)C(c2cc([C@H]3OCCN(C(=O)C=C)[C@@H]3CC#N)cc(Cl)n2)=C1. The second-order valence-corrected chi connectivity index (χ2v) is 6.61. The Bertz CT molecular complexity index is 895. The Morgan fingerprint density at radius 3 is 3.19 bits per heavy atom. The van der Waals surface area contributed by atoms with Crippen molar-refractivity contribution in [2.24, 2.45) is 4.99 Å². The van der Waals surface area contributed by atoms with E-state index >= 15 is 0 Å². The van der Waals surface area contributed by atoms with Crippen molar-refractivity contribution in [3.05, 3.63) is 47.3 Å². The van der Waals surface area contributed by atoms with Crippen LogP contribution in [-0.4, -0.2) is 59.8 Å². The van der Waals surface area contributed by atoms with Crippen LogP contribution < -0.4 is 0 Å². The van der Waals surface area contributed by atoms with E-state index in [1.807, 2.05) is 18.0 Å². The molecule has 0 aromatic carbocycles. The predicted octanol–water partition coefficient (Wildman–Crippen LogP) is 2.42. The van der Waals surface area contributed by atoms with E-state index in [-0.39, 0.29) is 23.7 Å². The number of ether oxygens (including phenoxy) is 1. The van der Waals surface area contributed by atoms with E-state index in [1.54, 1.807) is 17.0 Å². The van der Waals surface area contributed by atoms with E-state index in [0.29, 0.717) is 25.5 Å². The van der Waals surface area contributed by atoms with Crippen molar-refractivity contribution >= 4 is 29.4 Å². The third-order valence-electron chi connectivity index (χ3n) is 4.53. The van der Waals surface area contributed by atoms with Crippen LogP contribution >= 0.6 is 11.6 Å². The lowest BCUT2D eigenvalue weighted by atomic mass is 9.96. The molecule has 0 saturated carbocycles. The van der Waals surface area contributed by atoms with Gasteiger partial charge in [-0.1, -0.05) is 18.2 Å². The van der Waals surface area contributed by atoms with Gasteiger partial charge >= 0.3 is 0 Å². The van der Waals surface area contributed by atoms with Crippen LogP contribution in [-0.2, 0) is 9.53 Å². The van der Waals surface area contributed by atoms with E-state index in [0.717, 1.165) is 11.3 Å². The van der Waals surface area contributed by atoms with Gasteiger partial charge < -0.3 is 14.5 Å². The molecule has 8 heteroatoms. The lowest BCUT2D eigenvalue weighted by Gasteiger charge is -2.40. The summed E-state index contributed by atoms with van der Waals surface area (Å²) in [6, 6.07) is 5.18. The van der Waals surface area contributed by atoms with Gasteiger partial charge in [0.1, 0.15) is 17.9 Å². The summed E-state index contributed by atoms with van der Waals surface area (Å²) < 4.78 is 13.7. The van der Waals surface area contributed by atoms with Gasteiger partial charge in [0.05, 0.1) is 37.9 Å². The van der Waals surface area contributed by atoms with Crippen LogP contribution in [0.15, 0.2) is 35.9 Å². The normalized spacial score (nSPS) is 23.1. The molecule has 0 spiro atoms. The molecule has 27 heavy (non-hydrogen) atoms. The van der Waals surface area contributed by atoms with Gasteiger partial charge in [-0.2, -0.15) is 5.26 Å². The molecule has 2 aliphatic heterocycles. The van der Waals surface area contributed by atoms with Gasteiger partial charge in [-0.25, -0.2) is 4.98 Å². The van der Waals surface area contributed by atoms with Gasteiger partial charge in [0.25, 0.3) is 0 Å². The Balaban J connectivity index is 2.01. The molecule has 3 heterocycles. The first-order valence-electron chi connectivity index (χ1n) is 8.98. The molecule has 0 radical (unpaired) electrons. The highest BCUT2D eigenvalue weighted by Crippen LogP contribution is 2.33. The Hall–Kier alpha value is -2.69. The van der Waals surface area contributed by atoms with Gasteiger partial charge in [-0.15, -0.1) is 0 Å². The molecular formula is C19H20ClN5O2. The van der Waals surface area contributed by atoms with Gasteiger partial charge in [0, 0.05) is 19.8 Å². The molecule has 0 aliphatic carbocycles. The second-order valence-electron chi connectivity index (χ2n) is 6.22. The zero-order valence-electron chi connectivity index (χ0n) is 15.9. The van der Waals surface area contributed by atoms with Gasteiger partial charge in [0.2, 0.25) is 5.91 Å². The standard InChI is InChI=1S/C19H20ClN5O2/c1-3-18(26)25-8-9-27-19(16(25)4-6-21)13-10-14(23-17(20)11-13)15-5-7-22-12-24(15)2/h3,5,7,10-11,16,19H,1,4,8-9,12H2,2H3/t16-,19-/m1/s1/i7D. The number of pyridine rings is 1. The molecule has 2 atom stereocenters. The minimum atomic E-state index is -0.518. The number of hydrogen-bond donors (Lipinski definition) is 0. The van der Waals surface area contributed by atoms with Crippen molar-refractivity contribution in [2.75, 3.05) is 26.9 Å². The molecular weight excluding hydrogens is 366 g/mol. The Morgan fingerprint density at radius 2 is 2.44 bits per heavy atom. The van der Waals surface area contributed by atoms with Crippen molar-refractivity contribution in [2.45, 2.75) is 18.6 Å². The minimum Gasteiger partial charge on any atom is -0.369 e. The maximum atomic E-state index is 12.2. The van der Waals surface area contributed by atoms with Crippen molar-refractivity contribution in [1.29, 1.82) is 5.26 Å². The predicted molar refractivity (Wildman–Crippen MR) is 103 cm³/mol. The van der Waals surface area contributed by atoms with Gasteiger partial charge in [-0.05, 0) is 29.8 Å². The van der Waals surface area contributed by atoms with E-state index in [2.05, 4.69) is 22.6 Å². The average Bonchev–Trinajstić information content (AvgIpc) is 2.69. The van der Waals surface area contributed by atoms with Crippen LogP contribution in [0.5, 0.6) is 0 Å². The fourth-order valence-electron chi connectivity index (χ4n) is 3.26. The molecule has 1 saturated heterocycles. The average molecular weight is 387 g/mol. The largest absolute Gasteiger partial charge is 0.369 e. The molecule has 7 nitrogen and oxygen atoms in total. The highest BCUT2D eigenvalue weighted by Gasteiger charge is 2.35. The number of amides is 1. The minimum absolute atomic E-state index is 0.117. The number of carbonyl (C=O) groups is 1. The van der Waals surface area contributed by atoms with Crippen molar-refractivity contribution in [3.8, 4) is 6.07 Å². The monoisotopic (exact) mass is 386 g/mol. The molecule has 2 aliphatic rings. The molecule has 1 aromatic rings. The van der Waals surface area contributed by atoms with Crippen molar-refractivity contribution in [3.63, 3.8) is 0 Å². The number of nitriles is 1. The number of allylic oxidation sites excluding steroid dienone is 1. The van der Waals surface area contributed by atoms with Gasteiger partial charge in [-0.3, -0.25) is 9.79 Å². The summed E-state index contributed by atoms with van der Waals surface area (Å²) in [7, 11) is 1.85. The number of nitrogens with zero attached hydrogens (tertiary/aromatic N) is 5. The third-order valence-corrected chi connectivity index (χ3v) is 4.73. The molecule has 1 amide bonds. The fourth-order valence-corrected chi connectivity index (χ4v) is 3.48. The van der Waals surface area contributed by atoms with Crippen LogP contribution in [0.2, 0.25) is 5.15 Å². The number of morpholine rings is 1. The fraction of sp³-hybridized carbons (Fsp3) is 0.368. The number of carbonyl (C=O) groups excluding carboxylic acids is 1. The summed E-state index contributed by atoms with van der Waals surface area (Å²) in [6.45, 7) is 4.63. The quantitative estimate of drug-likeness (QED) is 0.586. The van der Waals surface area contributed by atoms with Crippen LogP contribution in [0.1, 0.15) is 25.2 Å². The second kappa shape index (κ2) is 8.33. The molecule has 1 aromatic heterocycles. The Morgan fingerprint density at radius 1 is 1.63 bits per heavy atom. The summed E-state index contributed by atoms with van der Waals surface area (Å²) in [5, 5.41) is 9.54. The smallest absolute Gasteiger partial charge is 0.246 e. The molecule has 3 rings (SSSR count). The lowest BCUT2D eigenvalue weighted by Crippen LogP contribution is -2.49. The summed E-state index contributed by atoms with van der Waals surface area (Å²) >= 11 is 6.27. The number of aromatic nitrogens is 1. The van der Waals surface area contributed by atoms with Crippen molar-refractivity contribution < 1.29 is 10.9 Å². The van der Waals surface area contributed by atoms with Crippen molar-refractivity contribution in [1.82, 2.24) is 14.8 Å².